The van der Waals surface area contributed by atoms with Crippen molar-refractivity contribution in [2.75, 3.05) is 5.75 Å². The third kappa shape index (κ3) is 4.58. The van der Waals surface area contributed by atoms with Gasteiger partial charge in [-0.3, -0.25) is 9.78 Å². The van der Waals surface area contributed by atoms with Gasteiger partial charge in [0.05, 0.1) is 23.0 Å². The largest absolute Gasteiger partial charge is 0.350 e. The Bertz CT molecular complexity index is 548. The highest BCUT2D eigenvalue weighted by Gasteiger charge is 2.05. The SMILES string of the molecule is O=C(CSc1ccccc1Cl)NCc1ccccn1. The van der Waals surface area contributed by atoms with E-state index < -0.39 is 0 Å². The fourth-order valence-corrected chi connectivity index (χ4v) is 2.52. The average molecular weight is 293 g/mol. The number of hydrogen-bond acceptors (Lipinski definition) is 3. The summed E-state index contributed by atoms with van der Waals surface area (Å²) in [5, 5.41) is 3.49. The van der Waals surface area contributed by atoms with E-state index in [-0.39, 0.29) is 5.91 Å². The van der Waals surface area contributed by atoms with Crippen molar-refractivity contribution in [1.82, 2.24) is 10.3 Å². The molecule has 19 heavy (non-hydrogen) atoms. The lowest BCUT2D eigenvalue weighted by Crippen LogP contribution is -2.24. The minimum absolute atomic E-state index is 0.0319. The van der Waals surface area contributed by atoms with Crippen LogP contribution in [0.2, 0.25) is 5.02 Å². The van der Waals surface area contributed by atoms with Gasteiger partial charge in [-0.1, -0.05) is 29.8 Å². The maximum atomic E-state index is 11.7. The second-order valence-electron chi connectivity index (χ2n) is 3.82. The van der Waals surface area contributed by atoms with Crippen LogP contribution < -0.4 is 5.32 Å². The molecule has 0 aliphatic carbocycles. The first-order valence-corrected chi connectivity index (χ1v) is 7.16. The maximum absolute atomic E-state index is 11.7. The fraction of sp³-hybridized carbons (Fsp3) is 0.143. The number of nitrogens with one attached hydrogen (secondary N) is 1. The number of hydrogen-bond donors (Lipinski definition) is 1. The van der Waals surface area contributed by atoms with Crippen molar-refractivity contribution >= 4 is 29.3 Å². The monoisotopic (exact) mass is 292 g/mol. The Morgan fingerprint density at radius 2 is 2.00 bits per heavy atom. The van der Waals surface area contributed by atoms with Crippen molar-refractivity contribution < 1.29 is 4.79 Å². The van der Waals surface area contributed by atoms with E-state index >= 15 is 0 Å². The highest BCUT2D eigenvalue weighted by molar-refractivity contribution is 8.00. The molecule has 2 rings (SSSR count). The molecular formula is C14H13ClN2OS. The number of pyridine rings is 1. The number of carbonyl (C=O) groups excluding carboxylic acids is 1. The summed E-state index contributed by atoms with van der Waals surface area (Å²) in [6.45, 7) is 0.447. The smallest absolute Gasteiger partial charge is 0.230 e. The number of rotatable bonds is 5. The summed E-state index contributed by atoms with van der Waals surface area (Å²) in [5.41, 5.74) is 0.846. The fourth-order valence-electron chi connectivity index (χ4n) is 1.45. The molecule has 98 valence electrons. The van der Waals surface area contributed by atoms with Gasteiger partial charge < -0.3 is 5.32 Å². The Balaban J connectivity index is 1.78. The van der Waals surface area contributed by atoms with Gasteiger partial charge in [-0.15, -0.1) is 11.8 Å². The van der Waals surface area contributed by atoms with Crippen LogP contribution >= 0.6 is 23.4 Å². The molecule has 0 bridgehead atoms. The molecule has 5 heteroatoms. The number of aromatic nitrogens is 1. The summed E-state index contributed by atoms with van der Waals surface area (Å²) in [7, 11) is 0. The predicted molar refractivity (Wildman–Crippen MR) is 78.3 cm³/mol. The molecule has 0 aliphatic heterocycles. The van der Waals surface area contributed by atoms with Crippen molar-refractivity contribution in [2.45, 2.75) is 11.4 Å². The zero-order valence-corrected chi connectivity index (χ0v) is 11.7. The molecule has 0 atom stereocenters. The van der Waals surface area contributed by atoms with Crippen molar-refractivity contribution in [3.8, 4) is 0 Å². The zero-order chi connectivity index (χ0) is 13.5. The van der Waals surface area contributed by atoms with Gasteiger partial charge in [0.25, 0.3) is 0 Å². The molecule has 0 saturated heterocycles. The van der Waals surface area contributed by atoms with Crippen LogP contribution in [0.25, 0.3) is 0 Å². The minimum Gasteiger partial charge on any atom is -0.350 e. The third-order valence-electron chi connectivity index (χ3n) is 2.39. The Morgan fingerprint density at radius 3 is 2.74 bits per heavy atom. The molecule has 1 aromatic heterocycles. The van der Waals surface area contributed by atoms with Crippen LogP contribution in [0.1, 0.15) is 5.69 Å². The molecule has 0 aliphatic rings. The van der Waals surface area contributed by atoms with Gasteiger partial charge in [0, 0.05) is 11.1 Å². The molecule has 0 radical (unpaired) electrons. The van der Waals surface area contributed by atoms with E-state index in [0.29, 0.717) is 17.3 Å². The summed E-state index contributed by atoms with van der Waals surface area (Å²) >= 11 is 7.44. The Morgan fingerprint density at radius 1 is 1.21 bits per heavy atom. The molecule has 0 fully saturated rings. The highest BCUT2D eigenvalue weighted by Crippen LogP contribution is 2.26. The number of benzene rings is 1. The number of amides is 1. The summed E-state index contributed by atoms with van der Waals surface area (Å²) in [6.07, 6.45) is 1.71. The number of carbonyl (C=O) groups is 1. The van der Waals surface area contributed by atoms with E-state index in [2.05, 4.69) is 10.3 Å². The van der Waals surface area contributed by atoms with Gasteiger partial charge in [0.1, 0.15) is 0 Å². The lowest BCUT2D eigenvalue weighted by Gasteiger charge is -2.05. The maximum Gasteiger partial charge on any atom is 0.230 e. The molecule has 0 unspecified atom stereocenters. The van der Waals surface area contributed by atoms with Crippen LogP contribution in [0.5, 0.6) is 0 Å². The molecule has 1 N–H and O–H groups in total. The van der Waals surface area contributed by atoms with Crippen molar-refractivity contribution in [3.63, 3.8) is 0 Å². The highest BCUT2D eigenvalue weighted by atomic mass is 35.5. The molecular weight excluding hydrogens is 280 g/mol. The van der Waals surface area contributed by atoms with E-state index in [1.54, 1.807) is 6.20 Å². The number of halogens is 1. The number of nitrogens with zero attached hydrogens (tertiary/aromatic N) is 1. The summed E-state index contributed by atoms with van der Waals surface area (Å²) in [6, 6.07) is 13.1. The Hall–Kier alpha value is -1.52. The van der Waals surface area contributed by atoms with Gasteiger partial charge in [-0.05, 0) is 24.3 Å². The van der Waals surface area contributed by atoms with E-state index in [9.17, 15) is 4.79 Å². The standard InChI is InChI=1S/C14H13ClN2OS/c15-12-6-1-2-7-13(12)19-10-14(18)17-9-11-5-3-4-8-16-11/h1-8H,9-10H2,(H,17,18). The second kappa shape index (κ2) is 7.16. The molecule has 3 nitrogen and oxygen atoms in total. The van der Waals surface area contributed by atoms with E-state index in [1.807, 2.05) is 42.5 Å². The molecule has 1 amide bonds. The first-order valence-electron chi connectivity index (χ1n) is 5.79. The van der Waals surface area contributed by atoms with Crippen molar-refractivity contribution in [3.05, 3.63) is 59.4 Å². The van der Waals surface area contributed by atoms with E-state index in [4.69, 9.17) is 11.6 Å². The van der Waals surface area contributed by atoms with Gasteiger partial charge in [-0.25, -0.2) is 0 Å². The molecule has 0 spiro atoms. The topological polar surface area (TPSA) is 42.0 Å². The van der Waals surface area contributed by atoms with Gasteiger partial charge >= 0.3 is 0 Å². The first kappa shape index (κ1) is 13.9. The van der Waals surface area contributed by atoms with E-state index in [0.717, 1.165) is 10.6 Å². The van der Waals surface area contributed by atoms with E-state index in [1.165, 1.54) is 11.8 Å². The van der Waals surface area contributed by atoms with Crippen molar-refractivity contribution in [2.24, 2.45) is 0 Å². The number of thioether (sulfide) groups is 1. The predicted octanol–water partition coefficient (Wildman–Crippen LogP) is 3.14. The quantitative estimate of drug-likeness (QED) is 0.861. The Kier molecular flexibility index (Phi) is 5.24. The van der Waals surface area contributed by atoms with Crippen molar-refractivity contribution in [1.29, 1.82) is 0 Å². The summed E-state index contributed by atoms with van der Waals surface area (Å²) < 4.78 is 0. The van der Waals surface area contributed by atoms with Gasteiger partial charge in [0.2, 0.25) is 5.91 Å². The Labute approximate surface area is 121 Å². The minimum atomic E-state index is -0.0319. The van der Waals surface area contributed by atoms with Crippen LogP contribution in [0, 0.1) is 0 Å². The zero-order valence-electron chi connectivity index (χ0n) is 10.2. The molecule has 1 aromatic carbocycles. The van der Waals surface area contributed by atoms with Crippen LogP contribution in [0.15, 0.2) is 53.6 Å². The summed E-state index contributed by atoms with van der Waals surface area (Å²) in [5.74, 6) is 0.312. The van der Waals surface area contributed by atoms with Crippen LogP contribution in [0.4, 0.5) is 0 Å². The molecule has 1 heterocycles. The van der Waals surface area contributed by atoms with Crippen LogP contribution in [-0.2, 0) is 11.3 Å². The average Bonchev–Trinajstić information content (AvgIpc) is 2.45. The van der Waals surface area contributed by atoms with Crippen LogP contribution in [-0.4, -0.2) is 16.6 Å². The molecule has 0 saturated carbocycles. The van der Waals surface area contributed by atoms with Crippen LogP contribution in [0.3, 0.4) is 0 Å². The first-order chi connectivity index (χ1) is 9.25. The third-order valence-corrected chi connectivity index (χ3v) is 3.90. The summed E-state index contributed by atoms with van der Waals surface area (Å²) in [4.78, 5) is 16.8. The molecule has 2 aromatic rings. The van der Waals surface area contributed by atoms with Gasteiger partial charge in [0.15, 0.2) is 0 Å². The lowest BCUT2D eigenvalue weighted by atomic mass is 10.3. The van der Waals surface area contributed by atoms with Gasteiger partial charge in [-0.2, -0.15) is 0 Å². The normalized spacial score (nSPS) is 10.2. The lowest BCUT2D eigenvalue weighted by molar-refractivity contribution is -0.118. The second-order valence-corrected chi connectivity index (χ2v) is 5.24.